The van der Waals surface area contributed by atoms with E-state index in [-0.39, 0.29) is 5.56 Å². The van der Waals surface area contributed by atoms with Gasteiger partial charge in [0, 0.05) is 16.4 Å². The minimum absolute atomic E-state index is 0.242. The lowest BCUT2D eigenvalue weighted by molar-refractivity contribution is 0.0697. The summed E-state index contributed by atoms with van der Waals surface area (Å²) < 4.78 is 0. The van der Waals surface area contributed by atoms with Crippen LogP contribution in [0, 0.1) is 0 Å². The fourth-order valence-corrected chi connectivity index (χ4v) is 2.80. The summed E-state index contributed by atoms with van der Waals surface area (Å²) in [6.45, 7) is 3.45. The quantitative estimate of drug-likeness (QED) is 0.902. The van der Waals surface area contributed by atoms with Gasteiger partial charge < -0.3 is 10.0 Å². The lowest BCUT2D eigenvalue weighted by atomic mass is 10.1. The zero-order valence-electron chi connectivity index (χ0n) is 10.5. The van der Waals surface area contributed by atoms with Crippen molar-refractivity contribution in [3.05, 3.63) is 51.2 Å². The van der Waals surface area contributed by atoms with Crippen LogP contribution in [0.15, 0.2) is 35.7 Å². The Morgan fingerprint density at radius 1 is 1.42 bits per heavy atom. The normalized spacial score (nSPS) is 10.4. The molecule has 0 amide bonds. The fourth-order valence-electron chi connectivity index (χ4n) is 1.91. The Balaban J connectivity index is 2.35. The van der Waals surface area contributed by atoms with Crippen LogP contribution in [0.25, 0.3) is 0 Å². The first-order valence-electron chi connectivity index (χ1n) is 5.92. The van der Waals surface area contributed by atoms with Crippen LogP contribution in [-0.4, -0.2) is 17.6 Å². The molecule has 1 aromatic carbocycles. The SMILES string of the molecule is CCN(Cc1cccs1)c1ccc(Cl)cc1C(=O)O. The number of hydrogen-bond acceptors (Lipinski definition) is 3. The zero-order valence-corrected chi connectivity index (χ0v) is 12.0. The van der Waals surface area contributed by atoms with E-state index in [0.717, 1.165) is 6.54 Å². The second-order valence-corrected chi connectivity index (χ2v) is 5.53. The van der Waals surface area contributed by atoms with Gasteiger partial charge in [-0.3, -0.25) is 0 Å². The van der Waals surface area contributed by atoms with E-state index in [9.17, 15) is 9.90 Å². The highest BCUT2D eigenvalue weighted by Gasteiger charge is 2.16. The van der Waals surface area contributed by atoms with Gasteiger partial charge in [0.1, 0.15) is 0 Å². The lowest BCUT2D eigenvalue weighted by Gasteiger charge is -2.24. The Kier molecular flexibility index (Phi) is 4.45. The predicted molar refractivity (Wildman–Crippen MR) is 79.5 cm³/mol. The summed E-state index contributed by atoms with van der Waals surface area (Å²) in [4.78, 5) is 14.5. The number of hydrogen-bond donors (Lipinski definition) is 1. The van der Waals surface area contributed by atoms with E-state index in [1.807, 2.05) is 29.3 Å². The van der Waals surface area contributed by atoms with Gasteiger partial charge in [-0.1, -0.05) is 17.7 Å². The first-order chi connectivity index (χ1) is 9.11. The van der Waals surface area contributed by atoms with Gasteiger partial charge >= 0.3 is 5.97 Å². The number of benzene rings is 1. The van der Waals surface area contributed by atoms with Gasteiger partial charge in [0.15, 0.2) is 0 Å². The van der Waals surface area contributed by atoms with Crippen molar-refractivity contribution in [2.45, 2.75) is 13.5 Å². The number of anilines is 1. The van der Waals surface area contributed by atoms with Crippen LogP contribution in [0.3, 0.4) is 0 Å². The Bertz CT molecular complexity index is 569. The van der Waals surface area contributed by atoms with E-state index in [1.165, 1.54) is 10.9 Å². The van der Waals surface area contributed by atoms with Crippen molar-refractivity contribution in [2.75, 3.05) is 11.4 Å². The summed E-state index contributed by atoms with van der Waals surface area (Å²) in [7, 11) is 0. The molecule has 100 valence electrons. The summed E-state index contributed by atoms with van der Waals surface area (Å²) in [6, 6.07) is 9.02. The van der Waals surface area contributed by atoms with Crippen molar-refractivity contribution in [1.29, 1.82) is 0 Å². The second kappa shape index (κ2) is 6.08. The lowest BCUT2D eigenvalue weighted by Crippen LogP contribution is -2.23. The van der Waals surface area contributed by atoms with Gasteiger partial charge in [0.2, 0.25) is 0 Å². The second-order valence-electron chi connectivity index (χ2n) is 4.06. The highest BCUT2D eigenvalue weighted by Crippen LogP contribution is 2.26. The van der Waals surface area contributed by atoms with E-state index in [2.05, 4.69) is 0 Å². The maximum Gasteiger partial charge on any atom is 0.337 e. The minimum atomic E-state index is -0.956. The smallest absolute Gasteiger partial charge is 0.337 e. The number of carboxylic acid groups (broad SMARTS) is 1. The van der Waals surface area contributed by atoms with Crippen LogP contribution in [-0.2, 0) is 6.54 Å². The Labute approximate surface area is 121 Å². The van der Waals surface area contributed by atoms with Crippen LogP contribution in [0.4, 0.5) is 5.69 Å². The van der Waals surface area contributed by atoms with Crippen molar-refractivity contribution in [2.24, 2.45) is 0 Å². The summed E-state index contributed by atoms with van der Waals surface area (Å²) >= 11 is 7.54. The molecule has 5 heteroatoms. The third-order valence-corrected chi connectivity index (χ3v) is 3.93. The van der Waals surface area contributed by atoms with Crippen LogP contribution >= 0.6 is 22.9 Å². The minimum Gasteiger partial charge on any atom is -0.478 e. The van der Waals surface area contributed by atoms with Crippen LogP contribution < -0.4 is 4.90 Å². The van der Waals surface area contributed by atoms with Gasteiger partial charge in [-0.25, -0.2) is 4.79 Å². The van der Waals surface area contributed by atoms with E-state index < -0.39 is 5.97 Å². The highest BCUT2D eigenvalue weighted by molar-refractivity contribution is 7.09. The average Bonchev–Trinajstić information content (AvgIpc) is 2.89. The Hall–Kier alpha value is -1.52. The molecule has 0 saturated carbocycles. The zero-order chi connectivity index (χ0) is 13.8. The molecular weight excluding hydrogens is 282 g/mol. The molecule has 0 aliphatic carbocycles. The molecule has 3 nitrogen and oxygen atoms in total. The molecular formula is C14H14ClNO2S. The fraction of sp³-hybridized carbons (Fsp3) is 0.214. The number of thiophene rings is 1. The first kappa shape index (κ1) is 13.9. The number of rotatable bonds is 5. The standard InChI is InChI=1S/C14H14ClNO2S/c1-2-16(9-11-4-3-7-19-11)13-6-5-10(15)8-12(13)14(17)18/h3-8H,2,9H2,1H3,(H,17,18). The highest BCUT2D eigenvalue weighted by atomic mass is 35.5. The Morgan fingerprint density at radius 3 is 2.79 bits per heavy atom. The average molecular weight is 296 g/mol. The van der Waals surface area contributed by atoms with E-state index in [0.29, 0.717) is 17.3 Å². The molecule has 0 aliphatic heterocycles. The number of aromatic carboxylic acids is 1. The molecule has 0 radical (unpaired) electrons. The maximum absolute atomic E-state index is 11.3. The molecule has 2 rings (SSSR count). The molecule has 19 heavy (non-hydrogen) atoms. The van der Waals surface area contributed by atoms with E-state index in [1.54, 1.807) is 23.5 Å². The molecule has 0 fully saturated rings. The third-order valence-electron chi connectivity index (χ3n) is 2.84. The van der Waals surface area contributed by atoms with Gasteiger partial charge in [-0.2, -0.15) is 0 Å². The summed E-state index contributed by atoms with van der Waals surface area (Å²) in [6.07, 6.45) is 0. The van der Waals surface area contributed by atoms with Crippen molar-refractivity contribution in [1.82, 2.24) is 0 Å². The molecule has 1 aromatic heterocycles. The van der Waals surface area contributed by atoms with E-state index in [4.69, 9.17) is 11.6 Å². The van der Waals surface area contributed by atoms with Crippen LogP contribution in [0.1, 0.15) is 22.2 Å². The number of halogens is 1. The number of carbonyl (C=O) groups is 1. The third kappa shape index (κ3) is 3.28. The van der Waals surface area contributed by atoms with Gasteiger partial charge in [0.05, 0.1) is 17.8 Å². The predicted octanol–water partition coefficient (Wildman–Crippen LogP) is 4.13. The van der Waals surface area contributed by atoms with Gasteiger partial charge in [0.25, 0.3) is 0 Å². The van der Waals surface area contributed by atoms with Crippen molar-refractivity contribution in [3.8, 4) is 0 Å². The number of carboxylic acids is 1. The molecule has 2 aromatic rings. The first-order valence-corrected chi connectivity index (χ1v) is 7.17. The van der Waals surface area contributed by atoms with Crippen LogP contribution in [0.2, 0.25) is 5.02 Å². The summed E-state index contributed by atoms with van der Waals surface area (Å²) in [5.74, 6) is -0.956. The summed E-state index contributed by atoms with van der Waals surface area (Å²) in [5.41, 5.74) is 0.943. The van der Waals surface area contributed by atoms with Crippen molar-refractivity contribution >= 4 is 34.6 Å². The van der Waals surface area contributed by atoms with Gasteiger partial charge in [-0.05, 0) is 36.6 Å². The maximum atomic E-state index is 11.3. The molecule has 0 saturated heterocycles. The van der Waals surface area contributed by atoms with E-state index >= 15 is 0 Å². The van der Waals surface area contributed by atoms with Crippen molar-refractivity contribution in [3.63, 3.8) is 0 Å². The molecule has 0 atom stereocenters. The molecule has 0 spiro atoms. The number of nitrogens with zero attached hydrogens (tertiary/aromatic N) is 1. The summed E-state index contributed by atoms with van der Waals surface area (Å²) in [5, 5.41) is 11.7. The van der Waals surface area contributed by atoms with Gasteiger partial charge in [-0.15, -0.1) is 11.3 Å². The topological polar surface area (TPSA) is 40.5 Å². The van der Waals surface area contributed by atoms with Crippen molar-refractivity contribution < 1.29 is 9.90 Å². The molecule has 0 bridgehead atoms. The van der Waals surface area contributed by atoms with Crippen LogP contribution in [0.5, 0.6) is 0 Å². The monoisotopic (exact) mass is 295 g/mol. The molecule has 1 N–H and O–H groups in total. The molecule has 1 heterocycles. The largest absolute Gasteiger partial charge is 0.478 e. The Morgan fingerprint density at radius 2 is 2.21 bits per heavy atom. The molecule has 0 unspecified atom stereocenters. The molecule has 0 aliphatic rings.